The zero-order valence-electron chi connectivity index (χ0n) is 13.2. The summed E-state index contributed by atoms with van der Waals surface area (Å²) in [7, 11) is -2.60. The molecule has 9 heteroatoms. The number of methoxy groups -OCH3 is 1. The van der Waals surface area contributed by atoms with E-state index >= 15 is 0 Å². The lowest BCUT2D eigenvalue weighted by Gasteiger charge is -2.41. The van der Waals surface area contributed by atoms with Gasteiger partial charge >= 0.3 is 11.9 Å². The van der Waals surface area contributed by atoms with Gasteiger partial charge in [0, 0.05) is 6.26 Å². The van der Waals surface area contributed by atoms with Gasteiger partial charge in [-0.2, -0.15) is 0 Å². The number of carbonyl (C=O) groups excluding carboxylic acids is 3. The molecule has 1 fully saturated rings. The first-order valence-electron chi connectivity index (χ1n) is 7.04. The molecule has 1 aromatic carbocycles. The summed E-state index contributed by atoms with van der Waals surface area (Å²) in [6.07, 6.45) is 0.652. The van der Waals surface area contributed by atoms with E-state index in [1.165, 1.54) is 0 Å². The number of sulfone groups is 1. The van der Waals surface area contributed by atoms with Crippen LogP contribution in [-0.4, -0.2) is 55.9 Å². The summed E-state index contributed by atoms with van der Waals surface area (Å²) in [5.41, 5.74) is 0.684. The maximum Gasteiger partial charge on any atom is 0.341 e. The lowest BCUT2D eigenvalue weighted by atomic mass is 10.1. The molecule has 0 saturated carbocycles. The van der Waals surface area contributed by atoms with Crippen LogP contribution in [0.4, 0.5) is 0 Å². The lowest BCUT2D eigenvalue weighted by molar-refractivity contribution is -0.173. The second-order valence-electron chi connectivity index (χ2n) is 5.31. The number of esters is 2. The standard InChI is InChI=1S/C15H17NO7S/c1-22-14(18)13(16-11(17)8-12(16)24(2,20)21)15(19)23-9-10-6-4-3-5-7-10/h3-7,12-13H,8-9H2,1-2H3. The first-order chi connectivity index (χ1) is 11.3. The maximum absolute atomic E-state index is 12.3. The number of hydrogen-bond donors (Lipinski definition) is 0. The van der Waals surface area contributed by atoms with Gasteiger partial charge in [-0.3, -0.25) is 4.79 Å². The van der Waals surface area contributed by atoms with E-state index in [0.717, 1.165) is 13.4 Å². The van der Waals surface area contributed by atoms with Crippen LogP contribution < -0.4 is 0 Å². The van der Waals surface area contributed by atoms with Crippen LogP contribution >= 0.6 is 0 Å². The first kappa shape index (κ1) is 17.9. The minimum Gasteiger partial charge on any atom is -0.467 e. The van der Waals surface area contributed by atoms with Gasteiger partial charge in [-0.1, -0.05) is 30.3 Å². The van der Waals surface area contributed by atoms with Crippen molar-refractivity contribution in [3.63, 3.8) is 0 Å². The van der Waals surface area contributed by atoms with Crippen LogP contribution in [-0.2, 0) is 40.3 Å². The Balaban J connectivity index is 2.17. The molecule has 1 amide bonds. The SMILES string of the molecule is COC(=O)C(C(=O)OCc1ccccc1)N1C(=O)CC1S(C)(=O)=O. The second kappa shape index (κ2) is 7.00. The third-order valence-electron chi connectivity index (χ3n) is 3.59. The quantitative estimate of drug-likeness (QED) is 0.397. The number of rotatable bonds is 6. The van der Waals surface area contributed by atoms with Crippen molar-refractivity contribution in [2.24, 2.45) is 0 Å². The molecule has 0 spiro atoms. The van der Waals surface area contributed by atoms with Crippen molar-refractivity contribution in [3.8, 4) is 0 Å². The molecule has 1 aromatic rings. The van der Waals surface area contributed by atoms with Crippen molar-refractivity contribution < 1.29 is 32.3 Å². The fraction of sp³-hybridized carbons (Fsp3) is 0.400. The molecule has 8 nitrogen and oxygen atoms in total. The number of likely N-dealkylation sites (tertiary alicyclic amines) is 1. The van der Waals surface area contributed by atoms with Gasteiger partial charge < -0.3 is 14.4 Å². The van der Waals surface area contributed by atoms with E-state index in [1.54, 1.807) is 30.3 Å². The average Bonchev–Trinajstić information content (AvgIpc) is 2.54. The van der Waals surface area contributed by atoms with Crippen LogP contribution in [0.25, 0.3) is 0 Å². The fourth-order valence-electron chi connectivity index (χ4n) is 2.31. The Morgan fingerprint density at radius 2 is 1.88 bits per heavy atom. The Morgan fingerprint density at radius 1 is 1.25 bits per heavy atom. The molecule has 1 aliphatic rings. The molecular weight excluding hydrogens is 338 g/mol. The molecule has 0 aliphatic carbocycles. The molecule has 24 heavy (non-hydrogen) atoms. The molecule has 130 valence electrons. The second-order valence-corrected chi connectivity index (χ2v) is 7.51. The van der Waals surface area contributed by atoms with Crippen LogP contribution in [0.15, 0.2) is 30.3 Å². The van der Waals surface area contributed by atoms with Gasteiger partial charge in [0.05, 0.1) is 13.5 Å². The molecule has 0 N–H and O–H groups in total. The van der Waals surface area contributed by atoms with Gasteiger partial charge in [0.1, 0.15) is 12.0 Å². The predicted octanol–water partition coefficient (Wildman–Crippen LogP) is -0.126. The van der Waals surface area contributed by atoms with Crippen LogP contribution in [0.1, 0.15) is 12.0 Å². The highest BCUT2D eigenvalue weighted by Gasteiger charge is 2.52. The molecule has 1 saturated heterocycles. The lowest BCUT2D eigenvalue weighted by Crippen LogP contribution is -2.65. The summed E-state index contributed by atoms with van der Waals surface area (Å²) in [4.78, 5) is 36.6. The minimum absolute atomic E-state index is 0.112. The zero-order chi connectivity index (χ0) is 17.9. The highest BCUT2D eigenvalue weighted by molar-refractivity contribution is 7.91. The van der Waals surface area contributed by atoms with Crippen molar-refractivity contribution in [1.29, 1.82) is 0 Å². The number of amides is 1. The van der Waals surface area contributed by atoms with Crippen LogP contribution in [0.5, 0.6) is 0 Å². The Kier molecular flexibility index (Phi) is 5.23. The van der Waals surface area contributed by atoms with E-state index in [1.807, 2.05) is 0 Å². The number of ether oxygens (including phenoxy) is 2. The van der Waals surface area contributed by atoms with Gasteiger partial charge in [0.25, 0.3) is 0 Å². The molecule has 2 unspecified atom stereocenters. The van der Waals surface area contributed by atoms with E-state index in [0.29, 0.717) is 10.5 Å². The highest BCUT2D eigenvalue weighted by Crippen LogP contribution is 2.27. The summed E-state index contributed by atoms with van der Waals surface area (Å²) in [6, 6.07) is 6.99. The third-order valence-corrected chi connectivity index (χ3v) is 4.97. The van der Waals surface area contributed by atoms with E-state index < -0.39 is 39.1 Å². The smallest absolute Gasteiger partial charge is 0.341 e. The number of β-lactam (4-membered cyclic amide) rings is 1. The van der Waals surface area contributed by atoms with E-state index in [4.69, 9.17) is 4.74 Å². The Morgan fingerprint density at radius 3 is 2.38 bits per heavy atom. The first-order valence-corrected chi connectivity index (χ1v) is 8.99. The summed E-state index contributed by atoms with van der Waals surface area (Å²) < 4.78 is 33.0. The number of carbonyl (C=O) groups is 3. The van der Waals surface area contributed by atoms with Gasteiger partial charge in [-0.15, -0.1) is 0 Å². The fourth-order valence-corrected chi connectivity index (χ4v) is 3.41. The summed E-state index contributed by atoms with van der Waals surface area (Å²) in [6.45, 7) is -0.112. The topological polar surface area (TPSA) is 107 Å². The largest absolute Gasteiger partial charge is 0.467 e. The molecule has 0 bridgehead atoms. The average molecular weight is 355 g/mol. The van der Waals surface area contributed by atoms with Crippen LogP contribution in [0, 0.1) is 0 Å². The molecule has 0 radical (unpaired) electrons. The zero-order valence-corrected chi connectivity index (χ0v) is 14.0. The third kappa shape index (κ3) is 3.73. The molecule has 1 aliphatic heterocycles. The summed E-state index contributed by atoms with van der Waals surface area (Å²) in [5, 5.41) is -1.24. The van der Waals surface area contributed by atoms with Crippen LogP contribution in [0.3, 0.4) is 0 Å². The Hall–Kier alpha value is -2.42. The Labute approximate surface area is 139 Å². The predicted molar refractivity (Wildman–Crippen MR) is 82.1 cm³/mol. The maximum atomic E-state index is 12.3. The number of hydrogen-bond acceptors (Lipinski definition) is 7. The van der Waals surface area contributed by atoms with Crippen molar-refractivity contribution in [2.75, 3.05) is 13.4 Å². The minimum atomic E-state index is -3.65. The molecule has 1 heterocycles. The van der Waals surface area contributed by atoms with E-state index in [-0.39, 0.29) is 13.0 Å². The number of nitrogens with zero attached hydrogens (tertiary/aromatic N) is 1. The van der Waals surface area contributed by atoms with Gasteiger partial charge in [-0.05, 0) is 5.56 Å². The van der Waals surface area contributed by atoms with Crippen molar-refractivity contribution in [3.05, 3.63) is 35.9 Å². The van der Waals surface area contributed by atoms with Crippen molar-refractivity contribution in [1.82, 2.24) is 4.90 Å². The normalized spacial score (nSPS) is 18.5. The van der Waals surface area contributed by atoms with E-state index in [2.05, 4.69) is 4.74 Å². The molecule has 2 rings (SSSR count). The summed E-state index contributed by atoms with van der Waals surface area (Å²) in [5.74, 6) is -2.71. The summed E-state index contributed by atoms with van der Waals surface area (Å²) >= 11 is 0. The van der Waals surface area contributed by atoms with Crippen molar-refractivity contribution in [2.45, 2.75) is 24.4 Å². The van der Waals surface area contributed by atoms with Gasteiger partial charge in [0.15, 0.2) is 9.84 Å². The van der Waals surface area contributed by atoms with Crippen LogP contribution in [0.2, 0.25) is 0 Å². The van der Waals surface area contributed by atoms with Gasteiger partial charge in [0.2, 0.25) is 11.9 Å². The highest BCUT2D eigenvalue weighted by atomic mass is 32.2. The van der Waals surface area contributed by atoms with E-state index in [9.17, 15) is 22.8 Å². The molecular formula is C15H17NO7S. The van der Waals surface area contributed by atoms with Gasteiger partial charge in [-0.25, -0.2) is 18.0 Å². The van der Waals surface area contributed by atoms with Crippen molar-refractivity contribution >= 4 is 27.7 Å². The Bertz CT molecular complexity index is 744. The molecule has 2 atom stereocenters. The number of benzene rings is 1. The molecule has 0 aromatic heterocycles. The monoisotopic (exact) mass is 355 g/mol.